The fourth-order valence-electron chi connectivity index (χ4n) is 2.83. The zero-order chi connectivity index (χ0) is 20.3. The van der Waals surface area contributed by atoms with E-state index in [-0.39, 0.29) is 17.3 Å². The van der Waals surface area contributed by atoms with Gasteiger partial charge >= 0.3 is 6.61 Å². The largest absolute Gasteiger partial charge is 0.433 e. The molecule has 1 atom stereocenters. The third-order valence-corrected chi connectivity index (χ3v) is 5.27. The Kier molecular flexibility index (Phi) is 6.14. The quantitative estimate of drug-likeness (QED) is 0.548. The first-order valence-corrected chi connectivity index (χ1v) is 9.61. The number of carbonyl (C=O) groups is 1. The Balaban J connectivity index is 1.77. The van der Waals surface area contributed by atoms with Crippen LogP contribution in [0.3, 0.4) is 0 Å². The van der Waals surface area contributed by atoms with Crippen LogP contribution in [0.25, 0.3) is 10.9 Å². The van der Waals surface area contributed by atoms with Gasteiger partial charge in [-0.25, -0.2) is 4.98 Å². The molecule has 146 valence electrons. The average molecular weight is 402 g/mol. The molecule has 0 bridgehead atoms. The van der Waals surface area contributed by atoms with E-state index in [9.17, 15) is 13.6 Å². The number of amides is 1. The molecule has 1 aromatic heterocycles. The smallest absolute Gasteiger partial charge is 0.387 e. The number of fused-ring (bicyclic) bond motifs is 1. The van der Waals surface area contributed by atoms with Gasteiger partial charge in [-0.1, -0.05) is 42.1 Å². The molecule has 0 unspecified atom stereocenters. The highest BCUT2D eigenvalue weighted by Crippen LogP contribution is 2.30. The molecule has 0 fully saturated rings. The van der Waals surface area contributed by atoms with Crippen molar-refractivity contribution in [2.24, 2.45) is 0 Å². The molecule has 1 N–H and O–H groups in total. The number of aromatic nitrogens is 1. The lowest BCUT2D eigenvalue weighted by atomic mass is 10.1. The first-order valence-electron chi connectivity index (χ1n) is 8.73. The summed E-state index contributed by atoms with van der Waals surface area (Å²) in [6.07, 6.45) is 0. The van der Waals surface area contributed by atoms with E-state index in [2.05, 4.69) is 15.0 Å². The van der Waals surface area contributed by atoms with Gasteiger partial charge in [0.25, 0.3) is 0 Å². The van der Waals surface area contributed by atoms with Crippen LogP contribution in [0.1, 0.15) is 18.1 Å². The minimum Gasteiger partial charge on any atom is -0.433 e. The SMILES string of the molecule is Cc1cc(S[C@H](C)C(=O)Nc2ccccc2OC(F)F)nc2c(C)cccc12. The summed E-state index contributed by atoms with van der Waals surface area (Å²) in [5.74, 6) is -0.391. The van der Waals surface area contributed by atoms with Crippen LogP contribution in [0.5, 0.6) is 5.75 Å². The van der Waals surface area contributed by atoms with Crippen LogP contribution in [0.15, 0.2) is 53.6 Å². The molecule has 1 heterocycles. The van der Waals surface area contributed by atoms with E-state index in [1.165, 1.54) is 23.9 Å². The van der Waals surface area contributed by atoms with Crippen LogP contribution in [-0.4, -0.2) is 22.8 Å². The molecule has 0 aliphatic rings. The Labute approximate surface area is 166 Å². The maximum absolute atomic E-state index is 12.6. The number of alkyl halides is 2. The molecule has 28 heavy (non-hydrogen) atoms. The van der Waals surface area contributed by atoms with Crippen LogP contribution >= 0.6 is 11.8 Å². The minimum atomic E-state index is -2.96. The van der Waals surface area contributed by atoms with E-state index in [4.69, 9.17) is 0 Å². The van der Waals surface area contributed by atoms with Gasteiger partial charge in [0.2, 0.25) is 5.91 Å². The molecule has 0 aliphatic carbocycles. The summed E-state index contributed by atoms with van der Waals surface area (Å²) >= 11 is 1.32. The van der Waals surface area contributed by atoms with Crippen LogP contribution in [0, 0.1) is 13.8 Å². The van der Waals surface area contributed by atoms with Crippen molar-refractivity contribution in [3.63, 3.8) is 0 Å². The molecule has 3 aromatic rings. The molecule has 0 aliphatic heterocycles. The van der Waals surface area contributed by atoms with Crippen LogP contribution in [0.2, 0.25) is 0 Å². The van der Waals surface area contributed by atoms with Crippen molar-refractivity contribution in [3.8, 4) is 5.75 Å². The molecular weight excluding hydrogens is 382 g/mol. The highest BCUT2D eigenvalue weighted by atomic mass is 32.2. The van der Waals surface area contributed by atoms with Gasteiger partial charge in [-0.3, -0.25) is 4.79 Å². The normalized spacial score (nSPS) is 12.2. The predicted octanol–water partition coefficient (Wildman–Crippen LogP) is 5.57. The number of ether oxygens (including phenoxy) is 1. The second-order valence-corrected chi connectivity index (χ2v) is 7.73. The number of halogens is 2. The molecule has 0 saturated heterocycles. The Bertz CT molecular complexity index is 1010. The van der Waals surface area contributed by atoms with E-state index in [1.807, 2.05) is 38.1 Å². The monoisotopic (exact) mass is 402 g/mol. The average Bonchev–Trinajstić information content (AvgIpc) is 2.64. The molecule has 2 aromatic carbocycles. The molecule has 0 radical (unpaired) electrons. The van der Waals surface area contributed by atoms with E-state index in [0.717, 1.165) is 27.1 Å². The fourth-order valence-corrected chi connectivity index (χ4v) is 3.75. The number of pyridine rings is 1. The number of hydrogen-bond acceptors (Lipinski definition) is 4. The standard InChI is InChI=1S/C21H20F2N2O2S/c1-12-7-6-8-15-13(2)11-18(25-19(12)15)28-14(3)20(26)24-16-9-4-5-10-17(16)27-21(22)23/h4-11,14,21H,1-3H3,(H,24,26)/t14-/m1/s1. The molecule has 1 amide bonds. The third-order valence-electron chi connectivity index (χ3n) is 4.25. The number of nitrogens with zero attached hydrogens (tertiary/aromatic N) is 1. The highest BCUT2D eigenvalue weighted by molar-refractivity contribution is 8.00. The lowest BCUT2D eigenvalue weighted by molar-refractivity contribution is -0.115. The van der Waals surface area contributed by atoms with Gasteiger partial charge in [-0.2, -0.15) is 8.78 Å². The van der Waals surface area contributed by atoms with Gasteiger partial charge < -0.3 is 10.1 Å². The van der Waals surface area contributed by atoms with Gasteiger partial charge in [0, 0.05) is 5.39 Å². The number of para-hydroxylation sites is 3. The first kappa shape index (κ1) is 20.1. The van der Waals surface area contributed by atoms with E-state index in [0.29, 0.717) is 0 Å². The van der Waals surface area contributed by atoms with E-state index < -0.39 is 11.9 Å². The summed E-state index contributed by atoms with van der Waals surface area (Å²) in [5.41, 5.74) is 3.27. The molecule has 3 rings (SSSR count). The lowest BCUT2D eigenvalue weighted by Gasteiger charge is -2.15. The highest BCUT2D eigenvalue weighted by Gasteiger charge is 2.19. The summed E-state index contributed by atoms with van der Waals surface area (Å²) in [4.78, 5) is 17.2. The molecule has 7 heteroatoms. The van der Waals surface area contributed by atoms with Crippen molar-refractivity contribution < 1.29 is 18.3 Å². The van der Waals surface area contributed by atoms with Crippen LogP contribution in [0.4, 0.5) is 14.5 Å². The summed E-state index contributed by atoms with van der Waals surface area (Å²) in [6, 6.07) is 14.1. The molecule has 0 saturated carbocycles. The van der Waals surface area contributed by atoms with Crippen molar-refractivity contribution in [2.45, 2.75) is 37.7 Å². The van der Waals surface area contributed by atoms with Gasteiger partial charge in [0.05, 0.1) is 21.5 Å². The van der Waals surface area contributed by atoms with Gasteiger partial charge in [-0.15, -0.1) is 0 Å². The number of nitrogens with one attached hydrogen (secondary N) is 1. The maximum atomic E-state index is 12.6. The number of aryl methyl sites for hydroxylation is 2. The van der Waals surface area contributed by atoms with E-state index >= 15 is 0 Å². The summed E-state index contributed by atoms with van der Waals surface area (Å²) in [6.45, 7) is 2.79. The Hall–Kier alpha value is -2.67. The number of hydrogen-bond donors (Lipinski definition) is 1. The minimum absolute atomic E-state index is 0.0710. The summed E-state index contributed by atoms with van der Waals surface area (Å²) in [5, 5.41) is 3.99. The maximum Gasteiger partial charge on any atom is 0.387 e. The van der Waals surface area contributed by atoms with Crippen molar-refractivity contribution in [3.05, 3.63) is 59.7 Å². The third kappa shape index (κ3) is 4.59. The summed E-state index contributed by atoms with van der Waals surface area (Å²) < 4.78 is 29.5. The first-order chi connectivity index (χ1) is 13.3. The van der Waals surface area contributed by atoms with Crippen molar-refractivity contribution in [2.75, 3.05) is 5.32 Å². The lowest BCUT2D eigenvalue weighted by Crippen LogP contribution is -2.23. The van der Waals surface area contributed by atoms with Gasteiger partial charge in [0.1, 0.15) is 5.75 Å². The zero-order valence-electron chi connectivity index (χ0n) is 15.7. The fraction of sp³-hybridized carbons (Fsp3) is 0.238. The number of thioether (sulfide) groups is 1. The Morgan fingerprint density at radius 2 is 1.86 bits per heavy atom. The second kappa shape index (κ2) is 8.56. The molecule has 4 nitrogen and oxygen atoms in total. The number of carbonyl (C=O) groups excluding carboxylic acids is 1. The van der Waals surface area contributed by atoms with Crippen LogP contribution < -0.4 is 10.1 Å². The number of benzene rings is 2. The van der Waals surface area contributed by atoms with Crippen molar-refractivity contribution >= 4 is 34.3 Å². The van der Waals surface area contributed by atoms with E-state index in [1.54, 1.807) is 19.1 Å². The summed E-state index contributed by atoms with van der Waals surface area (Å²) in [7, 11) is 0. The second-order valence-electron chi connectivity index (χ2n) is 6.37. The van der Waals surface area contributed by atoms with Crippen molar-refractivity contribution in [1.82, 2.24) is 4.98 Å². The van der Waals surface area contributed by atoms with Gasteiger partial charge in [-0.05, 0) is 50.1 Å². The zero-order valence-corrected chi connectivity index (χ0v) is 16.5. The predicted molar refractivity (Wildman–Crippen MR) is 108 cm³/mol. The number of anilines is 1. The molecular formula is C21H20F2N2O2S. The van der Waals surface area contributed by atoms with Crippen molar-refractivity contribution in [1.29, 1.82) is 0 Å². The molecule has 0 spiro atoms. The number of rotatable bonds is 6. The van der Waals surface area contributed by atoms with Crippen LogP contribution in [-0.2, 0) is 4.79 Å². The van der Waals surface area contributed by atoms with Gasteiger partial charge in [0.15, 0.2) is 0 Å². The Morgan fingerprint density at radius 1 is 1.11 bits per heavy atom. The Morgan fingerprint density at radius 3 is 2.61 bits per heavy atom. The topological polar surface area (TPSA) is 51.2 Å².